The van der Waals surface area contributed by atoms with Crippen LogP contribution in [0.3, 0.4) is 0 Å². The molecule has 2 heterocycles. The molecule has 5 N–H and O–H groups in total. The van der Waals surface area contributed by atoms with E-state index in [1.165, 1.54) is 0 Å². The van der Waals surface area contributed by atoms with E-state index in [2.05, 4.69) is 9.97 Å². The molecule has 1 unspecified atom stereocenters. The zero-order valence-corrected chi connectivity index (χ0v) is 8.67. The third-order valence-corrected chi connectivity index (χ3v) is 2.54. The molecule has 0 aromatic carbocycles. The van der Waals surface area contributed by atoms with Gasteiger partial charge in [0.2, 0.25) is 5.95 Å². The highest BCUT2D eigenvalue weighted by atomic mass is 16.6. The molecule has 1 aliphatic rings. The van der Waals surface area contributed by atoms with Crippen molar-refractivity contribution in [3.05, 3.63) is 16.8 Å². The minimum Gasteiger partial charge on any atom is -0.394 e. The summed E-state index contributed by atoms with van der Waals surface area (Å²) in [4.78, 5) is 18.4. The highest BCUT2D eigenvalue weighted by molar-refractivity contribution is 5.10. The van der Waals surface area contributed by atoms with Crippen molar-refractivity contribution in [3.8, 4) is 0 Å². The Morgan fingerprint density at radius 1 is 1.47 bits per heavy atom. The van der Waals surface area contributed by atoms with Crippen LogP contribution in [-0.4, -0.2) is 54.8 Å². The van der Waals surface area contributed by atoms with Crippen LogP contribution in [0, 0.1) is 0 Å². The number of aliphatic hydroxyl groups is 3. The van der Waals surface area contributed by atoms with Gasteiger partial charge in [0, 0.05) is 0 Å². The summed E-state index contributed by atoms with van der Waals surface area (Å²) in [5, 5.41) is 28.1. The smallest absolute Gasteiger partial charge is 0.354 e. The topological polar surface area (TPSA) is 144 Å². The minimum atomic E-state index is -1.35. The standard InChI is InChI=1S/C8H12N4O5/c9-7-10-2-12(8(16)11-7)6-5(15)4(14)3(1-13)17-6/h2-6,13-15H,1H2,(H2,9,11,16)/t3-,4+,5?,6-/m1/s1/i9+1,10+1,11+1,12+1. The monoisotopic (exact) mass is 248 g/mol. The van der Waals surface area contributed by atoms with Crippen LogP contribution in [-0.2, 0) is 4.74 Å². The SMILES string of the molecule is [15NH2]c1[15n]c[15n]([C@@H]2O[C@H](CO)[C@H](O)C2O)c(=O)[15n]1. The fourth-order valence-corrected chi connectivity index (χ4v) is 1.64. The maximum absolute atomic E-state index is 11.5. The lowest BCUT2D eigenvalue weighted by atomic mass is 10.1. The average molecular weight is 248 g/mol. The summed E-state index contributed by atoms with van der Waals surface area (Å²) in [5.41, 5.74) is 4.46. The maximum atomic E-state index is 11.5. The molecule has 9 heteroatoms. The molecule has 4 atom stereocenters. The number of nitrogen functional groups attached to an aromatic ring is 1. The normalized spacial score (nSPS) is 32.9. The number of anilines is 1. The molecule has 0 saturated carbocycles. The van der Waals surface area contributed by atoms with Gasteiger partial charge in [0.25, 0.3) is 0 Å². The van der Waals surface area contributed by atoms with Gasteiger partial charge in [0.05, 0.1) is 6.61 Å². The van der Waals surface area contributed by atoms with Crippen molar-refractivity contribution in [2.75, 3.05) is 12.3 Å². The first-order valence-corrected chi connectivity index (χ1v) is 4.87. The zero-order chi connectivity index (χ0) is 12.6. The summed E-state index contributed by atoms with van der Waals surface area (Å²) in [6.07, 6.45) is -3.67. The van der Waals surface area contributed by atoms with Crippen molar-refractivity contribution in [1.29, 1.82) is 0 Å². The molecule has 1 aromatic heterocycles. The predicted octanol–water partition coefficient (Wildman–Crippen LogP) is -3.17. The second-order valence-electron chi connectivity index (χ2n) is 3.63. The first-order valence-electron chi connectivity index (χ1n) is 4.87. The van der Waals surface area contributed by atoms with E-state index < -0.39 is 36.8 Å². The summed E-state index contributed by atoms with van der Waals surface area (Å²) in [5.74, 6) is -0.196. The van der Waals surface area contributed by atoms with E-state index in [0.717, 1.165) is 10.9 Å². The molecular weight excluding hydrogens is 236 g/mol. The van der Waals surface area contributed by atoms with Crippen LogP contribution >= 0.6 is 0 Å². The Morgan fingerprint density at radius 2 is 2.18 bits per heavy atom. The van der Waals surface area contributed by atoms with Crippen LogP contribution in [0.5, 0.6) is 0 Å². The van der Waals surface area contributed by atoms with Gasteiger partial charge in [-0.3, -0.25) is 4.57 Å². The number of hydrogen-bond acceptors (Lipinski definition) is 8. The third kappa shape index (κ3) is 2.00. The van der Waals surface area contributed by atoms with Gasteiger partial charge in [0.15, 0.2) is 6.23 Å². The van der Waals surface area contributed by atoms with Gasteiger partial charge in [-0.05, 0) is 0 Å². The zero-order valence-electron chi connectivity index (χ0n) is 8.67. The quantitative estimate of drug-likeness (QED) is 0.401. The molecule has 9 nitrogen and oxygen atoms in total. The van der Waals surface area contributed by atoms with E-state index in [-0.39, 0.29) is 5.95 Å². The molecule has 0 radical (unpaired) electrons. The molecule has 17 heavy (non-hydrogen) atoms. The van der Waals surface area contributed by atoms with Crippen molar-refractivity contribution in [3.63, 3.8) is 0 Å². The van der Waals surface area contributed by atoms with Crippen LogP contribution in [0.4, 0.5) is 5.95 Å². The van der Waals surface area contributed by atoms with Crippen molar-refractivity contribution >= 4 is 5.95 Å². The van der Waals surface area contributed by atoms with Gasteiger partial charge in [-0.2, -0.15) is 4.98 Å². The molecule has 2 rings (SSSR count). The Labute approximate surface area is 95.1 Å². The Bertz CT molecular complexity index is 463. The van der Waals surface area contributed by atoms with Gasteiger partial charge < -0.3 is 25.8 Å². The lowest BCUT2D eigenvalue weighted by Gasteiger charge is -2.16. The van der Waals surface area contributed by atoms with Gasteiger partial charge in [-0.15, -0.1) is 0 Å². The number of aliphatic hydroxyl groups excluding tert-OH is 3. The maximum Gasteiger partial charge on any atom is 0.354 e. The molecule has 1 saturated heterocycles. The molecule has 1 aliphatic heterocycles. The lowest BCUT2D eigenvalue weighted by Crippen LogP contribution is -2.36. The van der Waals surface area contributed by atoms with Gasteiger partial charge >= 0.3 is 5.69 Å². The molecule has 0 bridgehead atoms. The van der Waals surface area contributed by atoms with E-state index in [4.69, 9.17) is 15.6 Å². The van der Waals surface area contributed by atoms with Gasteiger partial charge in [-0.25, -0.2) is 9.78 Å². The Kier molecular flexibility index (Phi) is 3.07. The molecular formula is C8H12N4O5. The summed E-state index contributed by atoms with van der Waals surface area (Å²) >= 11 is 0. The van der Waals surface area contributed by atoms with Gasteiger partial charge in [-0.1, -0.05) is 0 Å². The Hall–Kier alpha value is -1.55. The summed E-state index contributed by atoms with van der Waals surface area (Å²) in [6, 6.07) is 0. The van der Waals surface area contributed by atoms with Crippen LogP contribution in [0.2, 0.25) is 0 Å². The third-order valence-electron chi connectivity index (χ3n) is 2.54. The minimum absolute atomic E-state index is 0.196. The molecule has 0 amide bonds. The van der Waals surface area contributed by atoms with E-state index in [1.54, 1.807) is 0 Å². The highest BCUT2D eigenvalue weighted by Crippen LogP contribution is 2.27. The van der Waals surface area contributed by atoms with Gasteiger partial charge in [0.1, 0.15) is 24.6 Å². The Morgan fingerprint density at radius 3 is 2.71 bits per heavy atom. The van der Waals surface area contributed by atoms with Crippen LogP contribution in [0.15, 0.2) is 11.1 Å². The molecule has 94 valence electrons. The van der Waals surface area contributed by atoms with Crippen molar-refractivity contribution in [2.45, 2.75) is 24.5 Å². The number of rotatable bonds is 2. The molecule has 1 fully saturated rings. The van der Waals surface area contributed by atoms with Crippen molar-refractivity contribution in [1.82, 2.24) is 14.5 Å². The number of hydrogen-bond donors (Lipinski definition) is 4. The van der Waals surface area contributed by atoms with Crippen molar-refractivity contribution in [2.24, 2.45) is 0 Å². The van der Waals surface area contributed by atoms with E-state index >= 15 is 0 Å². The highest BCUT2D eigenvalue weighted by Gasteiger charge is 2.43. The van der Waals surface area contributed by atoms with E-state index in [1.807, 2.05) is 0 Å². The molecule has 1 aromatic rings. The van der Waals surface area contributed by atoms with Crippen LogP contribution < -0.4 is 11.4 Å². The van der Waals surface area contributed by atoms with Crippen LogP contribution in [0.25, 0.3) is 0 Å². The number of ether oxygens (including phenoxy) is 1. The first kappa shape index (κ1) is 11.9. The average Bonchev–Trinajstić information content (AvgIpc) is 2.57. The van der Waals surface area contributed by atoms with Crippen molar-refractivity contribution < 1.29 is 20.1 Å². The fourth-order valence-electron chi connectivity index (χ4n) is 1.64. The fraction of sp³-hybridized carbons (Fsp3) is 0.625. The predicted molar refractivity (Wildman–Crippen MR) is 53.7 cm³/mol. The lowest BCUT2D eigenvalue weighted by molar-refractivity contribution is -0.0554. The summed E-state index contributed by atoms with van der Waals surface area (Å²) in [6.45, 7) is -0.473. The molecule has 0 spiro atoms. The van der Waals surface area contributed by atoms with Crippen LogP contribution in [0.1, 0.15) is 6.23 Å². The largest absolute Gasteiger partial charge is 0.394 e. The van der Waals surface area contributed by atoms with E-state index in [0.29, 0.717) is 0 Å². The second-order valence-corrected chi connectivity index (χ2v) is 3.63. The Balaban J connectivity index is 2.32. The number of nitrogens with zero attached hydrogens (tertiary/aromatic N) is 3. The summed E-state index contributed by atoms with van der Waals surface area (Å²) < 4.78 is 6.04. The van der Waals surface area contributed by atoms with E-state index in [9.17, 15) is 15.0 Å². The molecule has 0 aliphatic carbocycles. The first-order chi connectivity index (χ1) is 8.04. The summed E-state index contributed by atoms with van der Waals surface area (Å²) in [7, 11) is 0. The number of nitrogens with two attached hydrogens (primary N) is 1. The number of aromatic nitrogens is 3. The second kappa shape index (κ2) is 4.37.